The second kappa shape index (κ2) is 7.38. The number of carboxylic acid groups (broad SMARTS) is 1. The molecule has 0 atom stereocenters. The molecule has 0 spiro atoms. The third-order valence-corrected chi connectivity index (χ3v) is 5.15. The number of thiocarbonyl (C=S) groups is 1. The van der Waals surface area contributed by atoms with Crippen molar-refractivity contribution in [2.24, 2.45) is 0 Å². The SMILES string of the molecule is O=C(O)CN1C(=O)/C(=C/c2cnn(Cc3ccccc3Cl)c2)SC1=S. The molecule has 1 aliphatic rings. The normalized spacial score (nSPS) is 16.0. The summed E-state index contributed by atoms with van der Waals surface area (Å²) >= 11 is 12.3. The Hall–Kier alpha value is -2.16. The molecule has 0 unspecified atom stereocenters. The molecule has 3 rings (SSSR count). The number of hydrogen-bond acceptors (Lipinski definition) is 5. The monoisotopic (exact) mass is 393 g/mol. The van der Waals surface area contributed by atoms with Crippen LogP contribution in [-0.2, 0) is 16.1 Å². The number of hydrogen-bond donors (Lipinski definition) is 1. The maximum atomic E-state index is 12.2. The number of benzene rings is 1. The van der Waals surface area contributed by atoms with Crippen molar-refractivity contribution >= 4 is 57.9 Å². The molecule has 0 bridgehead atoms. The van der Waals surface area contributed by atoms with Gasteiger partial charge in [-0.1, -0.05) is 53.8 Å². The average Bonchev–Trinajstić information content (AvgIpc) is 3.09. The first-order valence-corrected chi connectivity index (χ1v) is 8.77. The third kappa shape index (κ3) is 4.09. The van der Waals surface area contributed by atoms with E-state index in [9.17, 15) is 9.59 Å². The van der Waals surface area contributed by atoms with Crippen LogP contribution in [0, 0.1) is 0 Å². The number of aromatic nitrogens is 2. The van der Waals surface area contributed by atoms with Crippen LogP contribution < -0.4 is 0 Å². The first-order valence-electron chi connectivity index (χ1n) is 7.17. The van der Waals surface area contributed by atoms with Crippen molar-refractivity contribution < 1.29 is 14.7 Å². The highest BCUT2D eigenvalue weighted by atomic mass is 35.5. The summed E-state index contributed by atoms with van der Waals surface area (Å²) in [5.41, 5.74) is 1.66. The summed E-state index contributed by atoms with van der Waals surface area (Å²) in [6.07, 6.45) is 5.06. The Bertz CT molecular complexity index is 894. The maximum Gasteiger partial charge on any atom is 0.323 e. The van der Waals surface area contributed by atoms with Gasteiger partial charge in [0.2, 0.25) is 0 Å². The van der Waals surface area contributed by atoms with E-state index in [0.29, 0.717) is 16.5 Å². The molecular formula is C16H12ClN3O3S2. The molecular weight excluding hydrogens is 382 g/mol. The van der Waals surface area contributed by atoms with Gasteiger partial charge in [0.1, 0.15) is 10.9 Å². The Morgan fingerprint density at radius 3 is 2.88 bits per heavy atom. The highest BCUT2D eigenvalue weighted by molar-refractivity contribution is 8.26. The highest BCUT2D eigenvalue weighted by Gasteiger charge is 2.33. The van der Waals surface area contributed by atoms with E-state index in [1.807, 2.05) is 24.3 Å². The Morgan fingerprint density at radius 2 is 2.16 bits per heavy atom. The second-order valence-electron chi connectivity index (χ2n) is 5.22. The molecule has 1 aromatic carbocycles. The van der Waals surface area contributed by atoms with Crippen molar-refractivity contribution in [3.8, 4) is 0 Å². The number of carbonyl (C=O) groups excluding carboxylic acids is 1. The summed E-state index contributed by atoms with van der Waals surface area (Å²) in [5, 5.41) is 13.8. The smallest absolute Gasteiger partial charge is 0.323 e. The summed E-state index contributed by atoms with van der Waals surface area (Å²) in [6.45, 7) is 0.0707. The quantitative estimate of drug-likeness (QED) is 0.621. The lowest BCUT2D eigenvalue weighted by atomic mass is 10.2. The predicted octanol–water partition coefficient (Wildman–Crippen LogP) is 2.87. The van der Waals surface area contributed by atoms with E-state index in [1.54, 1.807) is 23.2 Å². The zero-order valence-electron chi connectivity index (χ0n) is 12.8. The van der Waals surface area contributed by atoms with Crippen LogP contribution in [0.15, 0.2) is 41.6 Å². The molecule has 1 N–H and O–H groups in total. The minimum atomic E-state index is -1.11. The van der Waals surface area contributed by atoms with Crippen LogP contribution in [0.25, 0.3) is 6.08 Å². The standard InChI is InChI=1S/C16H12ClN3O3S2/c17-12-4-2-1-3-11(12)8-19-7-10(6-18-19)5-13-15(23)20(9-14(21)22)16(24)25-13/h1-7H,8-9H2,(H,21,22)/b13-5-. The van der Waals surface area contributed by atoms with Gasteiger partial charge in [-0.05, 0) is 17.7 Å². The zero-order valence-corrected chi connectivity index (χ0v) is 15.1. The maximum absolute atomic E-state index is 12.2. The van der Waals surface area contributed by atoms with E-state index in [1.165, 1.54) is 0 Å². The Labute approximate surface area is 158 Å². The van der Waals surface area contributed by atoms with Crippen LogP contribution in [0.2, 0.25) is 5.02 Å². The van der Waals surface area contributed by atoms with Gasteiger partial charge in [0.15, 0.2) is 0 Å². The van der Waals surface area contributed by atoms with Crippen molar-refractivity contribution in [2.75, 3.05) is 6.54 Å². The fraction of sp³-hybridized carbons (Fsp3) is 0.125. The van der Waals surface area contributed by atoms with Gasteiger partial charge in [0, 0.05) is 16.8 Å². The minimum Gasteiger partial charge on any atom is -0.480 e. The van der Waals surface area contributed by atoms with E-state index in [0.717, 1.165) is 27.8 Å². The van der Waals surface area contributed by atoms with Crippen LogP contribution in [0.4, 0.5) is 0 Å². The van der Waals surface area contributed by atoms with Crippen LogP contribution in [0.3, 0.4) is 0 Å². The lowest BCUT2D eigenvalue weighted by Gasteiger charge is -2.09. The fourth-order valence-electron chi connectivity index (χ4n) is 2.26. The van der Waals surface area contributed by atoms with Crippen LogP contribution in [-0.4, -0.2) is 42.5 Å². The van der Waals surface area contributed by atoms with E-state index in [2.05, 4.69) is 5.10 Å². The molecule has 9 heteroatoms. The van der Waals surface area contributed by atoms with Crippen molar-refractivity contribution in [1.29, 1.82) is 0 Å². The Kier molecular flexibility index (Phi) is 5.22. The fourth-order valence-corrected chi connectivity index (χ4v) is 3.72. The van der Waals surface area contributed by atoms with E-state index < -0.39 is 18.4 Å². The van der Waals surface area contributed by atoms with Crippen LogP contribution >= 0.6 is 35.6 Å². The van der Waals surface area contributed by atoms with E-state index in [-0.39, 0.29) is 4.32 Å². The topological polar surface area (TPSA) is 75.4 Å². The van der Waals surface area contributed by atoms with Crippen molar-refractivity contribution in [1.82, 2.24) is 14.7 Å². The molecule has 1 aromatic heterocycles. The predicted molar refractivity (Wildman–Crippen MR) is 100 cm³/mol. The lowest BCUT2D eigenvalue weighted by molar-refractivity contribution is -0.140. The summed E-state index contributed by atoms with van der Waals surface area (Å²) in [4.78, 5) is 24.5. The highest BCUT2D eigenvalue weighted by Crippen LogP contribution is 2.32. The van der Waals surface area contributed by atoms with Crippen LogP contribution in [0.1, 0.15) is 11.1 Å². The van der Waals surface area contributed by atoms with Gasteiger partial charge in [-0.3, -0.25) is 19.2 Å². The largest absolute Gasteiger partial charge is 0.480 e. The van der Waals surface area contributed by atoms with Crippen molar-refractivity contribution in [2.45, 2.75) is 6.54 Å². The summed E-state index contributed by atoms with van der Waals surface area (Å²) in [6, 6.07) is 7.49. The Morgan fingerprint density at radius 1 is 1.40 bits per heavy atom. The molecule has 25 heavy (non-hydrogen) atoms. The number of nitrogens with zero attached hydrogens (tertiary/aromatic N) is 3. The summed E-state index contributed by atoms with van der Waals surface area (Å²) in [5.74, 6) is -1.51. The molecule has 1 amide bonds. The molecule has 0 radical (unpaired) electrons. The molecule has 2 aromatic rings. The van der Waals surface area contributed by atoms with E-state index in [4.69, 9.17) is 28.9 Å². The van der Waals surface area contributed by atoms with Gasteiger partial charge >= 0.3 is 5.97 Å². The molecule has 128 valence electrons. The van der Waals surface area contributed by atoms with Gasteiger partial charge in [-0.2, -0.15) is 5.10 Å². The first-order chi connectivity index (χ1) is 11.9. The van der Waals surface area contributed by atoms with Crippen LogP contribution in [0.5, 0.6) is 0 Å². The first kappa shape index (κ1) is 17.7. The zero-order chi connectivity index (χ0) is 18.0. The van der Waals surface area contributed by atoms with Gasteiger partial charge in [0.05, 0.1) is 17.6 Å². The van der Waals surface area contributed by atoms with Gasteiger partial charge in [0.25, 0.3) is 5.91 Å². The number of aliphatic carboxylic acids is 1. The number of thioether (sulfide) groups is 1. The van der Waals surface area contributed by atoms with Crippen molar-refractivity contribution in [3.05, 3.63) is 57.7 Å². The molecule has 0 saturated carbocycles. The number of amides is 1. The molecule has 1 saturated heterocycles. The average molecular weight is 394 g/mol. The minimum absolute atomic E-state index is 0.238. The van der Waals surface area contributed by atoms with Crippen molar-refractivity contribution in [3.63, 3.8) is 0 Å². The van der Waals surface area contributed by atoms with Gasteiger partial charge < -0.3 is 5.11 Å². The Balaban J connectivity index is 1.76. The molecule has 0 aliphatic carbocycles. The van der Waals surface area contributed by atoms with E-state index >= 15 is 0 Å². The molecule has 1 aliphatic heterocycles. The number of carboxylic acids is 1. The lowest BCUT2D eigenvalue weighted by Crippen LogP contribution is -2.33. The summed E-state index contributed by atoms with van der Waals surface area (Å²) in [7, 11) is 0. The second-order valence-corrected chi connectivity index (χ2v) is 7.31. The number of carbonyl (C=O) groups is 2. The number of halogens is 1. The third-order valence-electron chi connectivity index (χ3n) is 3.41. The molecule has 1 fully saturated rings. The van der Waals surface area contributed by atoms with Gasteiger partial charge in [-0.25, -0.2) is 0 Å². The number of rotatable bonds is 5. The summed E-state index contributed by atoms with van der Waals surface area (Å²) < 4.78 is 1.95. The molecule has 2 heterocycles. The molecule has 6 nitrogen and oxygen atoms in total. The van der Waals surface area contributed by atoms with Gasteiger partial charge in [-0.15, -0.1) is 0 Å².